The molecule has 2 N–H and O–H groups in total. The van der Waals surface area contributed by atoms with E-state index in [1.807, 2.05) is 4.68 Å². The third-order valence-electron chi connectivity index (χ3n) is 4.64. The number of carbonyl (C=O) groups is 1. The summed E-state index contributed by atoms with van der Waals surface area (Å²) in [7, 11) is 2.10. The zero-order chi connectivity index (χ0) is 17.8. The van der Waals surface area contributed by atoms with Gasteiger partial charge >= 0.3 is 0 Å². The Kier molecular flexibility index (Phi) is 5.43. The van der Waals surface area contributed by atoms with E-state index in [4.69, 9.17) is 5.73 Å². The number of halogens is 1. The molecule has 0 bridgehead atoms. The van der Waals surface area contributed by atoms with Crippen molar-refractivity contribution in [2.45, 2.75) is 44.7 Å². The second-order valence-electron chi connectivity index (χ2n) is 6.66. The van der Waals surface area contributed by atoms with Crippen LogP contribution in [0.15, 0.2) is 24.3 Å². The third-order valence-corrected chi connectivity index (χ3v) is 4.64. The largest absolute Gasteiger partial charge is 0.369 e. The van der Waals surface area contributed by atoms with Gasteiger partial charge in [-0.15, -0.1) is 0 Å². The Balaban J connectivity index is 1.92. The number of amides is 1. The third kappa shape index (κ3) is 4.42. The lowest BCUT2D eigenvalue weighted by Crippen LogP contribution is -2.27. The molecule has 3 rings (SSSR count). The van der Waals surface area contributed by atoms with Gasteiger partial charge in [-0.1, -0.05) is 25.0 Å². The maximum Gasteiger partial charge on any atom is 0.225 e. The number of likely N-dealkylation sites (tertiary alicyclic amines) is 1. The molecular formula is C18H24FN5O. The van der Waals surface area contributed by atoms with Crippen molar-refractivity contribution in [2.75, 3.05) is 13.6 Å². The first kappa shape index (κ1) is 17.5. The van der Waals surface area contributed by atoms with Crippen LogP contribution in [0.3, 0.4) is 0 Å². The summed E-state index contributed by atoms with van der Waals surface area (Å²) >= 11 is 0. The molecule has 1 aromatic heterocycles. The number of hydrogen-bond acceptors (Lipinski definition) is 4. The molecule has 2 heterocycles. The van der Waals surface area contributed by atoms with Crippen LogP contribution in [0.2, 0.25) is 0 Å². The summed E-state index contributed by atoms with van der Waals surface area (Å²) < 4.78 is 15.0. The van der Waals surface area contributed by atoms with Gasteiger partial charge in [-0.05, 0) is 44.1 Å². The molecule has 0 aliphatic carbocycles. The van der Waals surface area contributed by atoms with Crippen molar-refractivity contribution in [3.63, 3.8) is 0 Å². The fourth-order valence-corrected chi connectivity index (χ4v) is 3.34. The zero-order valence-corrected chi connectivity index (χ0v) is 14.5. The minimum absolute atomic E-state index is 0.0276. The summed E-state index contributed by atoms with van der Waals surface area (Å²) in [5.74, 6) is 0.590. The average molecular weight is 345 g/mol. The molecule has 0 unspecified atom stereocenters. The second kappa shape index (κ2) is 7.74. The van der Waals surface area contributed by atoms with Crippen LogP contribution >= 0.6 is 0 Å². The molecule has 1 amide bonds. The Morgan fingerprint density at radius 3 is 2.76 bits per heavy atom. The smallest absolute Gasteiger partial charge is 0.225 e. The lowest BCUT2D eigenvalue weighted by atomic mass is 10.1. The Morgan fingerprint density at radius 1 is 1.28 bits per heavy atom. The summed E-state index contributed by atoms with van der Waals surface area (Å²) in [4.78, 5) is 18.2. The first-order chi connectivity index (χ1) is 12.0. The van der Waals surface area contributed by atoms with Crippen LogP contribution in [0.4, 0.5) is 4.39 Å². The Hall–Kier alpha value is -2.28. The highest BCUT2D eigenvalue weighted by molar-refractivity contribution is 5.75. The molecule has 6 nitrogen and oxygen atoms in total. The molecule has 7 heteroatoms. The summed E-state index contributed by atoms with van der Waals surface area (Å²) in [6, 6.07) is 6.52. The van der Waals surface area contributed by atoms with E-state index in [-0.39, 0.29) is 18.3 Å². The maximum absolute atomic E-state index is 13.1. The fourth-order valence-electron chi connectivity index (χ4n) is 3.34. The topological polar surface area (TPSA) is 77.0 Å². The van der Waals surface area contributed by atoms with E-state index < -0.39 is 5.91 Å². The van der Waals surface area contributed by atoms with Crippen LogP contribution in [0, 0.1) is 5.82 Å². The summed E-state index contributed by atoms with van der Waals surface area (Å²) in [6.07, 6.45) is 4.56. The number of primary amides is 1. The molecule has 1 aromatic carbocycles. The molecule has 1 atom stereocenters. The van der Waals surface area contributed by atoms with Crippen LogP contribution in [0.5, 0.6) is 0 Å². The molecule has 25 heavy (non-hydrogen) atoms. The van der Waals surface area contributed by atoms with Gasteiger partial charge in [0.1, 0.15) is 11.6 Å². The van der Waals surface area contributed by atoms with E-state index in [1.54, 1.807) is 12.1 Å². The van der Waals surface area contributed by atoms with E-state index in [2.05, 4.69) is 22.0 Å². The minimum Gasteiger partial charge on any atom is -0.369 e. The maximum atomic E-state index is 13.1. The fraction of sp³-hybridized carbons (Fsp3) is 0.500. The van der Waals surface area contributed by atoms with Gasteiger partial charge in [-0.3, -0.25) is 9.69 Å². The SMILES string of the molecule is CN1CCCCC[C@@H]1c1nc(CC(N)=O)nn1Cc1ccc(F)cc1. The molecule has 0 saturated carbocycles. The van der Waals surface area contributed by atoms with Crippen LogP contribution < -0.4 is 5.73 Å². The first-order valence-corrected chi connectivity index (χ1v) is 8.69. The van der Waals surface area contributed by atoms with Crippen LogP contribution in [0.1, 0.15) is 48.9 Å². The number of carbonyl (C=O) groups excluding carboxylic acids is 1. The van der Waals surface area contributed by atoms with E-state index in [0.717, 1.165) is 30.8 Å². The molecular weight excluding hydrogens is 321 g/mol. The van der Waals surface area contributed by atoms with E-state index in [1.165, 1.54) is 25.0 Å². The van der Waals surface area contributed by atoms with Gasteiger partial charge in [0.15, 0.2) is 5.82 Å². The highest BCUT2D eigenvalue weighted by Gasteiger charge is 2.26. The molecule has 0 spiro atoms. The second-order valence-corrected chi connectivity index (χ2v) is 6.66. The van der Waals surface area contributed by atoms with Gasteiger partial charge in [-0.2, -0.15) is 5.10 Å². The highest BCUT2D eigenvalue weighted by atomic mass is 19.1. The molecule has 1 fully saturated rings. The van der Waals surface area contributed by atoms with Crippen molar-refractivity contribution in [3.8, 4) is 0 Å². The number of aromatic nitrogens is 3. The molecule has 134 valence electrons. The number of nitrogens with two attached hydrogens (primary N) is 1. The average Bonchev–Trinajstić information content (AvgIpc) is 2.80. The quantitative estimate of drug-likeness (QED) is 0.900. The van der Waals surface area contributed by atoms with Crippen LogP contribution in [-0.4, -0.2) is 39.2 Å². The monoisotopic (exact) mass is 345 g/mol. The predicted octanol–water partition coefficient (Wildman–Crippen LogP) is 2.04. The van der Waals surface area contributed by atoms with Crippen molar-refractivity contribution < 1.29 is 9.18 Å². The number of nitrogens with zero attached hydrogens (tertiary/aromatic N) is 4. The lowest BCUT2D eigenvalue weighted by Gasteiger charge is -2.25. The summed E-state index contributed by atoms with van der Waals surface area (Å²) in [5, 5.41) is 4.49. The lowest BCUT2D eigenvalue weighted by molar-refractivity contribution is -0.117. The Bertz CT molecular complexity index is 728. The van der Waals surface area contributed by atoms with Crippen molar-refractivity contribution in [1.29, 1.82) is 0 Å². The van der Waals surface area contributed by atoms with E-state index in [9.17, 15) is 9.18 Å². The minimum atomic E-state index is -0.445. The Morgan fingerprint density at radius 2 is 2.04 bits per heavy atom. The summed E-state index contributed by atoms with van der Waals surface area (Å²) in [6.45, 7) is 1.50. The molecule has 1 aliphatic rings. The first-order valence-electron chi connectivity index (χ1n) is 8.69. The van der Waals surface area contributed by atoms with Gasteiger partial charge in [0, 0.05) is 0 Å². The van der Waals surface area contributed by atoms with E-state index >= 15 is 0 Å². The van der Waals surface area contributed by atoms with E-state index in [0.29, 0.717) is 12.4 Å². The number of hydrogen-bond donors (Lipinski definition) is 1. The molecule has 0 radical (unpaired) electrons. The van der Waals surface area contributed by atoms with Gasteiger partial charge in [0.25, 0.3) is 0 Å². The normalized spacial score (nSPS) is 18.9. The molecule has 2 aromatic rings. The van der Waals surface area contributed by atoms with Gasteiger partial charge in [0.05, 0.1) is 19.0 Å². The number of rotatable bonds is 5. The predicted molar refractivity (Wildman–Crippen MR) is 92.3 cm³/mol. The number of benzene rings is 1. The van der Waals surface area contributed by atoms with Crippen LogP contribution in [-0.2, 0) is 17.8 Å². The van der Waals surface area contributed by atoms with Crippen molar-refractivity contribution in [1.82, 2.24) is 19.7 Å². The highest BCUT2D eigenvalue weighted by Crippen LogP contribution is 2.28. The van der Waals surface area contributed by atoms with Crippen molar-refractivity contribution >= 4 is 5.91 Å². The molecule has 1 saturated heterocycles. The van der Waals surface area contributed by atoms with Crippen LogP contribution in [0.25, 0.3) is 0 Å². The van der Waals surface area contributed by atoms with Gasteiger partial charge < -0.3 is 5.73 Å². The summed E-state index contributed by atoms with van der Waals surface area (Å²) in [5.41, 5.74) is 6.24. The zero-order valence-electron chi connectivity index (χ0n) is 14.5. The van der Waals surface area contributed by atoms with Crippen molar-refractivity contribution in [2.24, 2.45) is 5.73 Å². The Labute approximate surface area is 146 Å². The molecule has 1 aliphatic heterocycles. The van der Waals surface area contributed by atoms with Gasteiger partial charge in [-0.25, -0.2) is 14.1 Å². The standard InChI is InChI=1S/C18H24FN5O/c1-23-10-4-2-3-5-15(23)18-21-17(11-16(20)25)22-24(18)12-13-6-8-14(19)9-7-13/h6-9,15H,2-5,10-12H2,1H3,(H2,20,25)/t15-/m1/s1. The van der Waals surface area contributed by atoms with Crippen molar-refractivity contribution in [3.05, 3.63) is 47.3 Å². The van der Waals surface area contributed by atoms with Gasteiger partial charge in [0.2, 0.25) is 5.91 Å².